The number of aryl methyl sites for hydroxylation is 1. The molecule has 112 valence electrons. The number of fused-ring (bicyclic) bond motifs is 1. The Bertz CT molecular complexity index is 661. The third kappa shape index (κ3) is 2.18. The second-order valence-electron chi connectivity index (χ2n) is 6.28. The number of aliphatic hydroxyl groups is 1. The first kappa shape index (κ1) is 13.0. The normalized spacial score (nSPS) is 23.5. The molecule has 0 spiro atoms. The lowest BCUT2D eigenvalue weighted by Gasteiger charge is -2.19. The van der Waals surface area contributed by atoms with Crippen LogP contribution in [-0.4, -0.2) is 44.0 Å². The van der Waals surface area contributed by atoms with Crippen molar-refractivity contribution in [2.75, 3.05) is 18.0 Å². The summed E-state index contributed by atoms with van der Waals surface area (Å²) >= 11 is 0. The van der Waals surface area contributed by atoms with Crippen LogP contribution in [0.3, 0.4) is 0 Å². The largest absolute Gasteiger partial charge is 0.391 e. The Hall–Kier alpha value is -1.69. The predicted molar refractivity (Wildman–Crippen MR) is 80.3 cm³/mol. The van der Waals surface area contributed by atoms with Gasteiger partial charge in [-0.25, -0.2) is 9.97 Å². The van der Waals surface area contributed by atoms with Crippen molar-refractivity contribution in [3.8, 4) is 0 Å². The maximum absolute atomic E-state index is 9.81. The van der Waals surface area contributed by atoms with Gasteiger partial charge in [0.05, 0.1) is 17.7 Å². The number of aliphatic hydroxyl groups excluding tert-OH is 1. The fraction of sp³-hybridized carbons (Fsp3) is 0.667. The van der Waals surface area contributed by atoms with Crippen molar-refractivity contribution in [3.63, 3.8) is 0 Å². The Balaban J connectivity index is 1.82. The third-order valence-corrected chi connectivity index (χ3v) is 4.77. The highest BCUT2D eigenvalue weighted by molar-refractivity contribution is 5.87. The summed E-state index contributed by atoms with van der Waals surface area (Å²) in [4.78, 5) is 11.8. The lowest BCUT2D eigenvalue weighted by Crippen LogP contribution is -2.23. The van der Waals surface area contributed by atoms with Gasteiger partial charge >= 0.3 is 0 Å². The molecule has 0 amide bonds. The number of aromatic nitrogens is 4. The standard InChI is InChI=1S/C15H21N5O/c1-19-14-12(8-16-19)15(20-7-6-11(21)9-20)18-13(17-14)10-4-2-3-5-10/h8,10-11,21H,2-7,9H2,1H3/t11-/m1/s1. The Morgan fingerprint density at radius 1 is 1.19 bits per heavy atom. The summed E-state index contributed by atoms with van der Waals surface area (Å²) in [6.45, 7) is 1.51. The van der Waals surface area contributed by atoms with Crippen LogP contribution in [0.2, 0.25) is 0 Å². The van der Waals surface area contributed by atoms with Crippen LogP contribution in [0, 0.1) is 0 Å². The molecule has 21 heavy (non-hydrogen) atoms. The van der Waals surface area contributed by atoms with Gasteiger partial charge < -0.3 is 10.0 Å². The van der Waals surface area contributed by atoms with E-state index >= 15 is 0 Å². The molecule has 2 aromatic rings. The summed E-state index contributed by atoms with van der Waals surface area (Å²) < 4.78 is 1.82. The van der Waals surface area contributed by atoms with Crippen LogP contribution in [0.25, 0.3) is 11.0 Å². The molecule has 4 rings (SSSR count). The first-order valence-corrected chi connectivity index (χ1v) is 7.85. The van der Waals surface area contributed by atoms with Crippen LogP contribution in [0.15, 0.2) is 6.20 Å². The molecular weight excluding hydrogens is 266 g/mol. The zero-order valence-electron chi connectivity index (χ0n) is 12.4. The summed E-state index contributed by atoms with van der Waals surface area (Å²) in [6.07, 6.45) is 7.32. The molecule has 2 aromatic heterocycles. The van der Waals surface area contributed by atoms with E-state index in [1.54, 1.807) is 0 Å². The molecule has 2 aliphatic rings. The third-order valence-electron chi connectivity index (χ3n) is 4.77. The van der Waals surface area contributed by atoms with Crippen LogP contribution in [0.1, 0.15) is 43.8 Å². The van der Waals surface area contributed by atoms with Gasteiger partial charge in [-0.3, -0.25) is 4.68 Å². The summed E-state index contributed by atoms with van der Waals surface area (Å²) in [5.41, 5.74) is 0.906. The number of hydrogen-bond donors (Lipinski definition) is 1. The Kier molecular flexibility index (Phi) is 3.06. The van der Waals surface area contributed by atoms with Gasteiger partial charge in [0.2, 0.25) is 0 Å². The average molecular weight is 287 g/mol. The topological polar surface area (TPSA) is 67.1 Å². The molecular formula is C15H21N5O. The quantitative estimate of drug-likeness (QED) is 0.908. The molecule has 0 bridgehead atoms. The summed E-state index contributed by atoms with van der Waals surface area (Å²) in [6, 6.07) is 0. The van der Waals surface area contributed by atoms with Crippen LogP contribution in [0.4, 0.5) is 5.82 Å². The van der Waals surface area contributed by atoms with Crippen molar-refractivity contribution in [2.45, 2.75) is 44.1 Å². The van der Waals surface area contributed by atoms with Gasteiger partial charge in [0, 0.05) is 26.1 Å². The molecule has 6 nitrogen and oxygen atoms in total. The lowest BCUT2D eigenvalue weighted by atomic mass is 10.1. The fourth-order valence-electron chi connectivity index (χ4n) is 3.57. The van der Waals surface area contributed by atoms with E-state index in [-0.39, 0.29) is 6.10 Å². The summed E-state index contributed by atoms with van der Waals surface area (Å²) in [7, 11) is 1.93. The molecule has 1 aliphatic carbocycles. The van der Waals surface area contributed by atoms with Crippen molar-refractivity contribution < 1.29 is 5.11 Å². The van der Waals surface area contributed by atoms with Crippen LogP contribution >= 0.6 is 0 Å². The second kappa shape index (κ2) is 4.94. The number of nitrogens with zero attached hydrogens (tertiary/aromatic N) is 5. The SMILES string of the molecule is Cn1ncc2c(N3CC[C@@H](O)C3)nc(C3CCCC3)nc21. The van der Waals surface area contributed by atoms with Crippen LogP contribution < -0.4 is 4.90 Å². The number of β-amino-alcohol motifs (C(OH)–C–C–N with tert-alkyl or cyclic N) is 1. The fourth-order valence-corrected chi connectivity index (χ4v) is 3.57. The second-order valence-corrected chi connectivity index (χ2v) is 6.28. The molecule has 1 aliphatic heterocycles. The van der Waals surface area contributed by atoms with E-state index in [1.165, 1.54) is 25.7 Å². The summed E-state index contributed by atoms with van der Waals surface area (Å²) in [5.74, 6) is 2.39. The van der Waals surface area contributed by atoms with Gasteiger partial charge in [-0.15, -0.1) is 0 Å². The van der Waals surface area contributed by atoms with E-state index in [2.05, 4.69) is 10.00 Å². The maximum atomic E-state index is 9.81. The first-order chi connectivity index (χ1) is 10.2. The molecule has 0 unspecified atom stereocenters. The minimum absolute atomic E-state index is 0.249. The van der Waals surface area contributed by atoms with Gasteiger partial charge in [0.15, 0.2) is 5.65 Å². The minimum Gasteiger partial charge on any atom is -0.391 e. The molecule has 6 heteroatoms. The van der Waals surface area contributed by atoms with Crippen LogP contribution in [0.5, 0.6) is 0 Å². The van der Waals surface area contributed by atoms with E-state index in [4.69, 9.17) is 9.97 Å². The lowest BCUT2D eigenvalue weighted by molar-refractivity contribution is 0.198. The van der Waals surface area contributed by atoms with Crippen molar-refractivity contribution in [2.24, 2.45) is 7.05 Å². The highest BCUT2D eigenvalue weighted by Gasteiger charge is 2.27. The molecule has 0 aromatic carbocycles. The minimum atomic E-state index is -0.249. The monoisotopic (exact) mass is 287 g/mol. The summed E-state index contributed by atoms with van der Waals surface area (Å²) in [5, 5.41) is 15.1. The number of hydrogen-bond acceptors (Lipinski definition) is 5. The van der Waals surface area contributed by atoms with Crippen LogP contribution in [-0.2, 0) is 7.05 Å². The Morgan fingerprint density at radius 2 is 2.00 bits per heavy atom. The van der Waals surface area contributed by atoms with Crippen molar-refractivity contribution in [3.05, 3.63) is 12.0 Å². The molecule has 1 saturated carbocycles. The molecule has 2 fully saturated rings. The van der Waals surface area contributed by atoms with Gasteiger partial charge in [-0.2, -0.15) is 5.10 Å². The highest BCUT2D eigenvalue weighted by atomic mass is 16.3. The molecule has 1 saturated heterocycles. The van der Waals surface area contributed by atoms with Crippen molar-refractivity contribution in [1.29, 1.82) is 0 Å². The highest BCUT2D eigenvalue weighted by Crippen LogP contribution is 2.35. The maximum Gasteiger partial charge on any atom is 0.163 e. The molecule has 1 atom stereocenters. The van der Waals surface area contributed by atoms with E-state index in [0.717, 1.165) is 35.6 Å². The van der Waals surface area contributed by atoms with Crippen molar-refractivity contribution in [1.82, 2.24) is 19.7 Å². The van der Waals surface area contributed by atoms with E-state index < -0.39 is 0 Å². The van der Waals surface area contributed by atoms with E-state index in [0.29, 0.717) is 12.5 Å². The average Bonchev–Trinajstić information content (AvgIpc) is 3.20. The molecule has 0 radical (unpaired) electrons. The van der Waals surface area contributed by atoms with Gasteiger partial charge in [-0.1, -0.05) is 12.8 Å². The molecule has 1 N–H and O–H groups in total. The Morgan fingerprint density at radius 3 is 2.71 bits per heavy atom. The van der Waals surface area contributed by atoms with Gasteiger partial charge in [-0.05, 0) is 19.3 Å². The number of rotatable bonds is 2. The zero-order chi connectivity index (χ0) is 14.4. The first-order valence-electron chi connectivity index (χ1n) is 7.85. The van der Waals surface area contributed by atoms with E-state index in [9.17, 15) is 5.11 Å². The zero-order valence-corrected chi connectivity index (χ0v) is 12.4. The van der Waals surface area contributed by atoms with Crippen molar-refractivity contribution >= 4 is 16.9 Å². The van der Waals surface area contributed by atoms with E-state index in [1.807, 2.05) is 17.9 Å². The van der Waals surface area contributed by atoms with Gasteiger partial charge in [0.25, 0.3) is 0 Å². The van der Waals surface area contributed by atoms with Gasteiger partial charge in [0.1, 0.15) is 11.6 Å². The molecule has 3 heterocycles. The Labute approximate surface area is 123 Å². The smallest absolute Gasteiger partial charge is 0.163 e. The number of anilines is 1. The predicted octanol–water partition coefficient (Wildman–Crippen LogP) is 1.59.